The Labute approximate surface area is 140 Å². The Balaban J connectivity index is 2.04. The highest BCUT2D eigenvalue weighted by Gasteiger charge is 2.29. The van der Waals surface area contributed by atoms with Gasteiger partial charge in [0, 0.05) is 33.1 Å². The molecule has 1 fully saturated rings. The Morgan fingerprint density at radius 2 is 1.88 bits per heavy atom. The van der Waals surface area contributed by atoms with E-state index in [0.29, 0.717) is 24.8 Å². The molecule has 0 unspecified atom stereocenters. The molecule has 0 spiro atoms. The van der Waals surface area contributed by atoms with Crippen molar-refractivity contribution in [1.29, 1.82) is 5.26 Å². The van der Waals surface area contributed by atoms with Crippen molar-refractivity contribution in [2.45, 2.75) is 19.3 Å². The lowest BCUT2D eigenvalue weighted by molar-refractivity contribution is 0.667. The van der Waals surface area contributed by atoms with Crippen molar-refractivity contribution in [2.24, 2.45) is 14.1 Å². The second-order valence-corrected chi connectivity index (χ2v) is 6.30. The maximum Gasteiger partial charge on any atom is 0.332 e. The summed E-state index contributed by atoms with van der Waals surface area (Å²) in [5.74, 6) is 0.763. The van der Waals surface area contributed by atoms with Crippen LogP contribution in [0.4, 0.5) is 5.82 Å². The van der Waals surface area contributed by atoms with Gasteiger partial charge in [0.15, 0.2) is 5.56 Å². The zero-order valence-electron chi connectivity index (χ0n) is 14.1. The number of benzene rings is 1. The molecule has 0 amide bonds. The summed E-state index contributed by atoms with van der Waals surface area (Å²) in [7, 11) is 3.01. The van der Waals surface area contributed by atoms with Crippen LogP contribution in [0.1, 0.15) is 29.0 Å². The summed E-state index contributed by atoms with van der Waals surface area (Å²) in [4.78, 5) is 26.5. The summed E-state index contributed by atoms with van der Waals surface area (Å²) in [6.07, 6.45) is 0.930. The van der Waals surface area contributed by atoms with Gasteiger partial charge in [-0.25, -0.2) is 4.79 Å². The second kappa shape index (κ2) is 6.00. The topological polar surface area (TPSA) is 71.0 Å². The fraction of sp³-hybridized carbons (Fsp3) is 0.389. The first-order valence-corrected chi connectivity index (χ1v) is 7.96. The molecule has 6 nitrogen and oxygen atoms in total. The van der Waals surface area contributed by atoms with Gasteiger partial charge in [0.2, 0.25) is 0 Å². The maximum atomic E-state index is 12.3. The Morgan fingerprint density at radius 3 is 2.54 bits per heavy atom. The van der Waals surface area contributed by atoms with Crippen LogP contribution >= 0.6 is 0 Å². The molecule has 0 N–H and O–H groups in total. The molecule has 2 heterocycles. The predicted molar refractivity (Wildman–Crippen MR) is 92.4 cm³/mol. The molecule has 6 heteroatoms. The first kappa shape index (κ1) is 16.1. The summed E-state index contributed by atoms with van der Waals surface area (Å²) in [6, 6.07) is 10.2. The van der Waals surface area contributed by atoms with Gasteiger partial charge in [0.1, 0.15) is 11.9 Å². The predicted octanol–water partition coefficient (Wildman–Crippen LogP) is 1.26. The largest absolute Gasteiger partial charge is 0.356 e. The van der Waals surface area contributed by atoms with E-state index in [1.807, 2.05) is 23.1 Å². The Morgan fingerprint density at radius 1 is 1.17 bits per heavy atom. The van der Waals surface area contributed by atoms with Gasteiger partial charge in [-0.15, -0.1) is 0 Å². The Hall–Kier alpha value is -2.81. The van der Waals surface area contributed by atoms with E-state index in [9.17, 15) is 14.9 Å². The zero-order chi connectivity index (χ0) is 17.4. The number of aromatic nitrogens is 2. The van der Waals surface area contributed by atoms with Crippen molar-refractivity contribution >= 4 is 5.82 Å². The molecule has 1 aliphatic rings. The molecule has 0 radical (unpaired) electrons. The average molecular weight is 324 g/mol. The maximum absolute atomic E-state index is 12.3. The molecule has 1 aliphatic heterocycles. The van der Waals surface area contributed by atoms with E-state index in [4.69, 9.17) is 0 Å². The van der Waals surface area contributed by atoms with Crippen molar-refractivity contribution in [3.05, 3.63) is 61.8 Å². The summed E-state index contributed by atoms with van der Waals surface area (Å²) in [6.45, 7) is 3.50. The molecule has 24 heavy (non-hydrogen) atoms. The number of hydrogen-bond donors (Lipinski definition) is 0. The lowest BCUT2D eigenvalue weighted by Crippen LogP contribution is -2.42. The van der Waals surface area contributed by atoms with Crippen molar-refractivity contribution in [3.63, 3.8) is 0 Å². The first-order chi connectivity index (χ1) is 11.5. The number of rotatable bonds is 2. The van der Waals surface area contributed by atoms with Crippen LogP contribution in [-0.4, -0.2) is 22.2 Å². The molecule has 0 saturated carbocycles. The van der Waals surface area contributed by atoms with E-state index in [2.05, 4.69) is 19.1 Å². The molecular weight excluding hydrogens is 304 g/mol. The molecule has 0 aliphatic carbocycles. The van der Waals surface area contributed by atoms with Crippen molar-refractivity contribution < 1.29 is 0 Å². The second-order valence-electron chi connectivity index (χ2n) is 6.30. The molecule has 1 saturated heterocycles. The van der Waals surface area contributed by atoms with Crippen LogP contribution in [0.3, 0.4) is 0 Å². The third kappa shape index (κ3) is 2.42. The van der Waals surface area contributed by atoms with Crippen LogP contribution in [0.5, 0.6) is 0 Å². The van der Waals surface area contributed by atoms with Gasteiger partial charge in [0.25, 0.3) is 5.56 Å². The molecular formula is C18H20N4O2. The minimum atomic E-state index is -0.532. The third-order valence-corrected chi connectivity index (χ3v) is 4.86. The molecule has 3 rings (SSSR count). The quantitative estimate of drug-likeness (QED) is 0.834. The summed E-state index contributed by atoms with van der Waals surface area (Å²) in [5.41, 5.74) is 1.61. The summed E-state index contributed by atoms with van der Waals surface area (Å²) < 4.78 is 2.39. The zero-order valence-corrected chi connectivity index (χ0v) is 14.1. The highest BCUT2D eigenvalue weighted by Crippen LogP contribution is 2.32. The number of nitrogens with zero attached hydrogens (tertiary/aromatic N) is 4. The van der Waals surface area contributed by atoms with E-state index < -0.39 is 11.2 Å². The summed E-state index contributed by atoms with van der Waals surface area (Å²) >= 11 is 0. The van der Waals surface area contributed by atoms with E-state index in [-0.39, 0.29) is 5.56 Å². The lowest BCUT2D eigenvalue weighted by atomic mass is 9.94. The van der Waals surface area contributed by atoms with Crippen LogP contribution in [0.25, 0.3) is 0 Å². The molecule has 2 aromatic rings. The van der Waals surface area contributed by atoms with Gasteiger partial charge in [-0.2, -0.15) is 5.26 Å². The number of aryl methyl sites for hydroxylation is 1. The monoisotopic (exact) mass is 324 g/mol. The van der Waals surface area contributed by atoms with Crippen LogP contribution < -0.4 is 16.1 Å². The smallest absolute Gasteiger partial charge is 0.332 e. The fourth-order valence-electron chi connectivity index (χ4n) is 3.55. The number of anilines is 1. The highest BCUT2D eigenvalue weighted by molar-refractivity contribution is 5.55. The van der Waals surface area contributed by atoms with Crippen LogP contribution in [0.2, 0.25) is 0 Å². The summed E-state index contributed by atoms with van der Waals surface area (Å²) in [5, 5.41) is 9.42. The van der Waals surface area contributed by atoms with Gasteiger partial charge in [-0.3, -0.25) is 13.9 Å². The van der Waals surface area contributed by atoms with Crippen LogP contribution in [0, 0.1) is 18.3 Å². The number of nitriles is 1. The van der Waals surface area contributed by atoms with Crippen molar-refractivity contribution in [2.75, 3.05) is 18.0 Å². The Kier molecular flexibility index (Phi) is 4.02. The minimum absolute atomic E-state index is 0.0324. The first-order valence-electron chi connectivity index (χ1n) is 7.96. The van der Waals surface area contributed by atoms with E-state index in [1.165, 1.54) is 22.7 Å². The minimum Gasteiger partial charge on any atom is -0.356 e. The van der Waals surface area contributed by atoms with Gasteiger partial charge in [0.05, 0.1) is 0 Å². The standard InChI is InChI=1S/C18H20N4O2/c1-12-6-4-5-7-14(12)13-8-9-22(11-13)16-15(10-19)17(23)21(3)18(24)20(16)2/h4-7,13H,8-9,11H2,1-3H3/t13-/m0/s1. The van der Waals surface area contributed by atoms with Crippen molar-refractivity contribution in [1.82, 2.24) is 9.13 Å². The third-order valence-electron chi connectivity index (χ3n) is 4.86. The average Bonchev–Trinajstić information content (AvgIpc) is 3.05. The number of hydrogen-bond acceptors (Lipinski definition) is 4. The fourth-order valence-corrected chi connectivity index (χ4v) is 3.55. The van der Waals surface area contributed by atoms with Crippen LogP contribution in [-0.2, 0) is 14.1 Å². The van der Waals surface area contributed by atoms with Gasteiger partial charge in [-0.1, -0.05) is 24.3 Å². The van der Waals surface area contributed by atoms with Gasteiger partial charge in [-0.05, 0) is 24.5 Å². The van der Waals surface area contributed by atoms with E-state index >= 15 is 0 Å². The van der Waals surface area contributed by atoms with Crippen molar-refractivity contribution in [3.8, 4) is 6.07 Å². The Bertz CT molecular complexity index is 949. The molecule has 0 bridgehead atoms. The van der Waals surface area contributed by atoms with Gasteiger partial charge >= 0.3 is 5.69 Å². The van der Waals surface area contributed by atoms with E-state index in [0.717, 1.165) is 11.0 Å². The molecule has 124 valence electrons. The molecule has 1 aromatic heterocycles. The SMILES string of the molecule is Cc1ccccc1[C@H]1CCN(c2c(C#N)c(=O)n(C)c(=O)n2C)C1. The highest BCUT2D eigenvalue weighted by atomic mass is 16.2. The molecule has 1 atom stereocenters. The normalized spacial score (nSPS) is 17.1. The van der Waals surface area contributed by atoms with E-state index in [1.54, 1.807) is 7.05 Å². The lowest BCUT2D eigenvalue weighted by Gasteiger charge is -2.23. The molecule has 1 aromatic carbocycles. The van der Waals surface area contributed by atoms with Crippen LogP contribution in [0.15, 0.2) is 33.9 Å². The van der Waals surface area contributed by atoms with Gasteiger partial charge < -0.3 is 4.90 Å².